The van der Waals surface area contributed by atoms with Crippen molar-refractivity contribution in [1.82, 2.24) is 4.25 Å². The number of rotatable bonds is 4. The number of halogens is 1. The Bertz CT molecular complexity index is 726. The van der Waals surface area contributed by atoms with Crippen molar-refractivity contribution in [3.63, 3.8) is 0 Å². The molecule has 0 aromatic heterocycles. The van der Waals surface area contributed by atoms with E-state index in [-0.39, 0.29) is 12.4 Å². The molecule has 0 heterocycles. The molecule has 0 saturated carbocycles. The number of hydrogen-bond donors (Lipinski definition) is 2. The summed E-state index contributed by atoms with van der Waals surface area (Å²) in [6.45, 7) is 0. The Morgan fingerprint density at radius 1 is 0.583 bits per heavy atom. The van der Waals surface area contributed by atoms with E-state index >= 15 is 0 Å². The predicted molar refractivity (Wildman–Crippen MR) is 92.5 cm³/mol. The van der Waals surface area contributed by atoms with Crippen molar-refractivity contribution in [1.29, 1.82) is 0 Å². The summed E-state index contributed by atoms with van der Waals surface area (Å²) in [4.78, 5) is 20.7. The number of para-hydroxylation sites is 3. The molecule has 124 valence electrons. The van der Waals surface area contributed by atoms with Gasteiger partial charge >= 0.3 is 7.75 Å². The highest BCUT2D eigenvalue weighted by atomic mass is 35.5. The molecular formula is C18H17ClNO3P. The average Bonchev–Trinajstić information content (AvgIpc) is 2.57. The maximum absolute atomic E-state index is 12.7. The van der Waals surface area contributed by atoms with Gasteiger partial charge in [0.25, 0.3) is 0 Å². The lowest BCUT2D eigenvalue weighted by Crippen LogP contribution is -3.00. The van der Waals surface area contributed by atoms with Crippen LogP contribution in [0.4, 0.5) is 17.1 Å². The normalized spacial score (nSPS) is 11.6. The van der Waals surface area contributed by atoms with Crippen LogP contribution in [-0.2, 0) is 4.57 Å². The monoisotopic (exact) mass is 361 g/mol. The standard InChI is InChI=1S/C18H16NO3P.ClH/c20-23(21,22)19(16-10-4-1-5-11-16,17-12-6-2-7-13-17)18-14-8-3-9-15-18;/h1-15H,(H-,20,21,22);1H. The Morgan fingerprint density at radius 2 is 0.833 bits per heavy atom. The van der Waals surface area contributed by atoms with E-state index in [0.717, 1.165) is 0 Å². The molecule has 6 heteroatoms. The number of quaternary nitrogens is 1. The van der Waals surface area contributed by atoms with Gasteiger partial charge in [-0.2, -0.15) is 0 Å². The molecule has 4 nitrogen and oxygen atoms in total. The minimum atomic E-state index is -4.64. The van der Waals surface area contributed by atoms with Crippen LogP contribution in [-0.4, -0.2) is 9.79 Å². The molecule has 0 spiro atoms. The maximum Gasteiger partial charge on any atom is 0.541 e. The number of hydrogen-bond acceptors (Lipinski definition) is 1. The van der Waals surface area contributed by atoms with E-state index in [1.165, 1.54) is 0 Å². The van der Waals surface area contributed by atoms with Crippen molar-refractivity contribution < 1.29 is 26.8 Å². The quantitative estimate of drug-likeness (QED) is 0.696. The Hall–Kier alpha value is -1.94. The predicted octanol–water partition coefficient (Wildman–Crippen LogP) is 1.75. The fraction of sp³-hybridized carbons (Fsp3) is 0. The Kier molecular flexibility index (Phi) is 5.60. The van der Waals surface area contributed by atoms with Crippen LogP contribution >= 0.6 is 7.75 Å². The van der Waals surface area contributed by atoms with Crippen molar-refractivity contribution in [3.8, 4) is 0 Å². The summed E-state index contributed by atoms with van der Waals surface area (Å²) < 4.78 is 12.1. The molecule has 3 aromatic rings. The van der Waals surface area contributed by atoms with Crippen molar-refractivity contribution >= 4 is 24.8 Å². The maximum atomic E-state index is 12.7. The summed E-state index contributed by atoms with van der Waals surface area (Å²) in [5.41, 5.74) is 1.54. The van der Waals surface area contributed by atoms with Gasteiger partial charge in [0, 0.05) is 36.4 Å². The Balaban J connectivity index is 0.00000208. The molecule has 0 unspecified atom stereocenters. The Morgan fingerprint density at radius 3 is 1.04 bits per heavy atom. The summed E-state index contributed by atoms with van der Waals surface area (Å²) in [5.74, 6) is 0. The molecule has 0 radical (unpaired) electrons. The molecule has 0 fully saturated rings. The highest BCUT2D eigenvalue weighted by Gasteiger charge is 2.52. The lowest BCUT2D eigenvalue weighted by Gasteiger charge is -2.36. The molecule has 24 heavy (non-hydrogen) atoms. The zero-order valence-corrected chi connectivity index (χ0v) is 14.4. The summed E-state index contributed by atoms with van der Waals surface area (Å²) in [6.07, 6.45) is 0. The van der Waals surface area contributed by atoms with Gasteiger partial charge in [-0.15, -0.1) is 4.25 Å². The van der Waals surface area contributed by atoms with Crippen LogP contribution in [0.15, 0.2) is 91.0 Å². The van der Waals surface area contributed by atoms with Crippen LogP contribution in [0.2, 0.25) is 0 Å². The summed E-state index contributed by atoms with van der Waals surface area (Å²) in [7, 11) is -4.64. The van der Waals surface area contributed by atoms with Gasteiger partial charge < -0.3 is 12.4 Å². The van der Waals surface area contributed by atoms with E-state index in [4.69, 9.17) is 0 Å². The molecule has 0 bridgehead atoms. The van der Waals surface area contributed by atoms with E-state index in [1.54, 1.807) is 72.8 Å². The van der Waals surface area contributed by atoms with E-state index in [0.29, 0.717) is 17.1 Å². The van der Waals surface area contributed by atoms with E-state index < -0.39 is 12.0 Å². The van der Waals surface area contributed by atoms with Crippen LogP contribution in [0.5, 0.6) is 0 Å². The first-order chi connectivity index (χ1) is 11.1. The van der Waals surface area contributed by atoms with Gasteiger partial charge in [0.2, 0.25) is 0 Å². The van der Waals surface area contributed by atoms with Gasteiger partial charge in [-0.3, -0.25) is 9.79 Å². The van der Waals surface area contributed by atoms with E-state index in [9.17, 15) is 14.4 Å². The van der Waals surface area contributed by atoms with Crippen LogP contribution in [0, 0.1) is 0 Å². The summed E-state index contributed by atoms with van der Waals surface area (Å²) >= 11 is 0. The zero-order valence-electron chi connectivity index (χ0n) is 12.7. The van der Waals surface area contributed by atoms with E-state index in [2.05, 4.69) is 0 Å². The number of benzene rings is 3. The number of nitrogens with zero attached hydrogens (tertiary/aromatic N) is 1. The first-order valence-electron chi connectivity index (χ1n) is 7.19. The van der Waals surface area contributed by atoms with Gasteiger partial charge in [-0.1, -0.05) is 54.6 Å². The van der Waals surface area contributed by atoms with Crippen LogP contribution in [0.3, 0.4) is 0 Å². The molecule has 3 rings (SSSR count). The second kappa shape index (κ2) is 7.31. The highest BCUT2D eigenvalue weighted by Crippen LogP contribution is 2.63. The highest BCUT2D eigenvalue weighted by molar-refractivity contribution is 7.52. The van der Waals surface area contributed by atoms with Crippen LogP contribution in [0.1, 0.15) is 0 Å². The smallest absolute Gasteiger partial charge is 0.541 e. The largest absolute Gasteiger partial charge is 1.00 e. The summed E-state index contributed by atoms with van der Waals surface area (Å²) in [5, 5.41) is 0. The molecule has 2 N–H and O–H groups in total. The van der Waals surface area contributed by atoms with Gasteiger partial charge in [0.05, 0.1) is 0 Å². The second-order valence-corrected chi connectivity index (χ2v) is 6.78. The third kappa shape index (κ3) is 3.03. The van der Waals surface area contributed by atoms with Crippen molar-refractivity contribution in [2.24, 2.45) is 0 Å². The minimum Gasteiger partial charge on any atom is -1.00 e. The van der Waals surface area contributed by atoms with Crippen molar-refractivity contribution in [3.05, 3.63) is 91.0 Å². The third-order valence-electron chi connectivity index (χ3n) is 3.78. The topological polar surface area (TPSA) is 57.5 Å². The van der Waals surface area contributed by atoms with Gasteiger partial charge in [-0.25, -0.2) is 4.57 Å². The van der Waals surface area contributed by atoms with Crippen molar-refractivity contribution in [2.75, 3.05) is 0 Å². The van der Waals surface area contributed by atoms with Gasteiger partial charge in [0.15, 0.2) is 0 Å². The molecule has 0 atom stereocenters. The molecule has 0 aliphatic heterocycles. The average molecular weight is 362 g/mol. The van der Waals surface area contributed by atoms with Gasteiger partial charge in [0.1, 0.15) is 17.1 Å². The zero-order chi connectivity index (χ0) is 16.3. The summed E-state index contributed by atoms with van der Waals surface area (Å²) in [6, 6.07) is 26.6. The molecule has 0 amide bonds. The SMILES string of the molecule is O=P(O)(O)[N+](c1ccccc1)(c1ccccc1)c1ccccc1.[Cl-]. The molecule has 0 aliphatic carbocycles. The lowest BCUT2D eigenvalue weighted by molar-refractivity contribution is -0.0000102. The lowest BCUT2D eigenvalue weighted by atomic mass is 10.2. The van der Waals surface area contributed by atoms with E-state index in [1.807, 2.05) is 18.2 Å². The van der Waals surface area contributed by atoms with Crippen molar-refractivity contribution in [2.45, 2.75) is 0 Å². The first kappa shape index (κ1) is 18.4. The first-order valence-corrected chi connectivity index (χ1v) is 8.75. The fourth-order valence-corrected chi connectivity index (χ4v) is 4.13. The fourth-order valence-electron chi connectivity index (χ4n) is 2.83. The third-order valence-corrected chi connectivity index (χ3v) is 5.25. The minimum absolute atomic E-state index is 0. The van der Waals surface area contributed by atoms with Gasteiger partial charge in [-0.05, 0) is 0 Å². The molecule has 3 aromatic carbocycles. The second-order valence-electron chi connectivity index (χ2n) is 5.16. The van der Waals surface area contributed by atoms with Crippen LogP contribution in [0.25, 0.3) is 0 Å². The van der Waals surface area contributed by atoms with Crippen LogP contribution < -0.4 is 16.7 Å². The molecule has 0 aliphatic rings. The molecular weight excluding hydrogens is 345 g/mol. The molecule has 0 saturated heterocycles. The Labute approximate surface area is 147 Å².